The first-order valence-electron chi connectivity index (χ1n) is 5.85. The largest absolute Gasteiger partial charge is 0.385 e. The number of anilines is 2. The van der Waals surface area contributed by atoms with Gasteiger partial charge in [0.15, 0.2) is 0 Å². The number of rotatable bonds is 5. The van der Waals surface area contributed by atoms with Crippen molar-refractivity contribution in [1.29, 1.82) is 0 Å². The van der Waals surface area contributed by atoms with E-state index in [9.17, 15) is 18.2 Å². The first-order valence-corrected chi connectivity index (χ1v) is 7.42. The number of alkyl halides is 2. The Hall–Kier alpha value is -1.79. The van der Waals surface area contributed by atoms with Crippen LogP contribution in [0.5, 0.6) is 0 Å². The number of para-hydroxylation sites is 1. The highest BCUT2D eigenvalue weighted by Crippen LogP contribution is 2.40. The second kappa shape index (κ2) is 6.32. The van der Waals surface area contributed by atoms with Crippen molar-refractivity contribution in [3.8, 4) is 0 Å². The van der Waals surface area contributed by atoms with Crippen LogP contribution in [-0.4, -0.2) is 16.7 Å². The van der Waals surface area contributed by atoms with E-state index in [2.05, 4.69) is 4.67 Å². The molecule has 0 fully saturated rings. The molecule has 0 heterocycles. The van der Waals surface area contributed by atoms with Gasteiger partial charge in [-0.1, -0.05) is 18.2 Å². The number of halogens is 2. The molecule has 5 nitrogen and oxygen atoms in total. The molecule has 0 saturated heterocycles. The van der Waals surface area contributed by atoms with E-state index < -0.39 is 14.1 Å². The minimum absolute atomic E-state index is 0.137. The van der Waals surface area contributed by atoms with E-state index in [1.165, 1.54) is 24.3 Å². The average Bonchev–Trinajstić information content (AvgIpc) is 2.49. The van der Waals surface area contributed by atoms with Crippen molar-refractivity contribution >= 4 is 24.3 Å². The molecule has 1 unspecified atom stereocenters. The van der Waals surface area contributed by atoms with Gasteiger partial charge >= 0.3 is 14.1 Å². The summed E-state index contributed by atoms with van der Waals surface area (Å²) in [5.41, 5.74) is 0.420. The molecule has 2 aromatic rings. The van der Waals surface area contributed by atoms with Gasteiger partial charge in [0.25, 0.3) is 0 Å². The molecule has 1 atom stereocenters. The van der Waals surface area contributed by atoms with E-state index >= 15 is 0 Å². The van der Waals surface area contributed by atoms with E-state index in [0.29, 0.717) is 0 Å². The van der Waals surface area contributed by atoms with E-state index in [0.717, 1.165) is 17.0 Å². The van der Waals surface area contributed by atoms with Gasteiger partial charge in [0.05, 0.1) is 5.30 Å². The standard InChI is InChI=1S/C13H12F2NO4P/c14-13(15)16(10-4-2-1-3-5-10)11-6-8-12(9-7-11)21(18,19)20-17/h1-9,13,17H,(H,18,19). The van der Waals surface area contributed by atoms with Crippen LogP contribution in [0.4, 0.5) is 20.2 Å². The number of hydrogen-bond acceptors (Lipinski definition) is 4. The van der Waals surface area contributed by atoms with Gasteiger partial charge in [0.1, 0.15) is 0 Å². The van der Waals surface area contributed by atoms with Crippen molar-refractivity contribution in [2.45, 2.75) is 6.55 Å². The molecule has 0 saturated carbocycles. The maximum absolute atomic E-state index is 13.2. The summed E-state index contributed by atoms with van der Waals surface area (Å²) in [5, 5.41) is 8.15. The monoisotopic (exact) mass is 315 g/mol. The van der Waals surface area contributed by atoms with Crippen molar-refractivity contribution < 1.29 is 28.2 Å². The van der Waals surface area contributed by atoms with E-state index in [1.54, 1.807) is 18.2 Å². The molecule has 0 bridgehead atoms. The van der Waals surface area contributed by atoms with Crippen molar-refractivity contribution in [2.24, 2.45) is 0 Å². The Morgan fingerprint density at radius 1 is 1.00 bits per heavy atom. The van der Waals surface area contributed by atoms with Crippen LogP contribution in [-0.2, 0) is 9.24 Å². The molecule has 0 radical (unpaired) electrons. The minimum atomic E-state index is -4.32. The molecule has 21 heavy (non-hydrogen) atoms. The third kappa shape index (κ3) is 3.46. The second-order valence-corrected chi connectivity index (χ2v) is 5.82. The highest BCUT2D eigenvalue weighted by Gasteiger charge is 2.24. The van der Waals surface area contributed by atoms with E-state index in [4.69, 9.17) is 5.26 Å². The lowest BCUT2D eigenvalue weighted by Gasteiger charge is -2.24. The zero-order valence-corrected chi connectivity index (χ0v) is 11.5. The molecule has 112 valence electrons. The van der Waals surface area contributed by atoms with Gasteiger partial charge in [-0.3, -0.25) is 9.46 Å². The first-order chi connectivity index (χ1) is 9.95. The van der Waals surface area contributed by atoms with Gasteiger partial charge in [0, 0.05) is 11.4 Å². The fourth-order valence-corrected chi connectivity index (χ4v) is 2.43. The van der Waals surface area contributed by atoms with Crippen molar-refractivity contribution in [3.05, 3.63) is 54.6 Å². The van der Waals surface area contributed by atoms with Crippen LogP contribution >= 0.6 is 7.60 Å². The fraction of sp³-hybridized carbons (Fsp3) is 0.0769. The van der Waals surface area contributed by atoms with Gasteiger partial charge < -0.3 is 4.89 Å². The molecule has 0 aliphatic heterocycles. The molecular formula is C13H12F2NO4P. The molecule has 2 N–H and O–H groups in total. The Kier molecular flexibility index (Phi) is 4.69. The van der Waals surface area contributed by atoms with Crippen LogP contribution < -0.4 is 10.2 Å². The average molecular weight is 315 g/mol. The molecular weight excluding hydrogens is 303 g/mol. The van der Waals surface area contributed by atoms with Crippen LogP contribution in [0.1, 0.15) is 0 Å². The lowest BCUT2D eigenvalue weighted by molar-refractivity contribution is -0.143. The molecule has 0 aliphatic rings. The topological polar surface area (TPSA) is 70.0 Å². The zero-order valence-electron chi connectivity index (χ0n) is 10.6. The van der Waals surface area contributed by atoms with Crippen LogP contribution in [0.3, 0.4) is 0 Å². The summed E-state index contributed by atoms with van der Waals surface area (Å²) in [6.45, 7) is -2.78. The fourth-order valence-electron chi connectivity index (χ4n) is 1.81. The molecule has 2 aromatic carbocycles. The van der Waals surface area contributed by atoms with E-state index in [-0.39, 0.29) is 16.7 Å². The Bertz CT molecular complexity index is 636. The molecule has 2 rings (SSSR count). The summed E-state index contributed by atoms with van der Waals surface area (Å²) in [7, 11) is -4.32. The summed E-state index contributed by atoms with van der Waals surface area (Å²) >= 11 is 0. The van der Waals surface area contributed by atoms with Crippen molar-refractivity contribution in [3.63, 3.8) is 0 Å². The molecule has 0 amide bonds. The van der Waals surface area contributed by atoms with Crippen LogP contribution in [0.2, 0.25) is 0 Å². The lowest BCUT2D eigenvalue weighted by atomic mass is 10.2. The highest BCUT2D eigenvalue weighted by molar-refractivity contribution is 7.61. The Balaban J connectivity index is 2.37. The molecule has 0 spiro atoms. The van der Waals surface area contributed by atoms with Gasteiger partial charge in [-0.15, -0.1) is 4.67 Å². The summed E-state index contributed by atoms with van der Waals surface area (Å²) in [6.07, 6.45) is 0. The Labute approximate surface area is 119 Å². The minimum Gasteiger partial charge on any atom is -0.319 e. The van der Waals surface area contributed by atoms with Gasteiger partial charge in [-0.25, -0.2) is 5.26 Å². The summed E-state index contributed by atoms with van der Waals surface area (Å²) < 4.78 is 41.4. The third-order valence-electron chi connectivity index (χ3n) is 2.79. The molecule has 0 aliphatic carbocycles. The number of benzene rings is 2. The normalized spacial score (nSPS) is 14.0. The van der Waals surface area contributed by atoms with Crippen LogP contribution in [0, 0.1) is 0 Å². The Morgan fingerprint density at radius 3 is 2.00 bits per heavy atom. The highest BCUT2D eigenvalue weighted by atomic mass is 31.2. The maximum Gasteiger partial charge on any atom is 0.385 e. The number of nitrogens with zero attached hydrogens (tertiary/aromatic N) is 1. The maximum atomic E-state index is 13.2. The van der Waals surface area contributed by atoms with Gasteiger partial charge in [0.2, 0.25) is 0 Å². The first kappa shape index (κ1) is 15.6. The SMILES string of the molecule is O=P(O)(OO)c1ccc(N(c2ccccc2)C(F)F)cc1. The third-order valence-corrected chi connectivity index (χ3v) is 3.97. The molecule has 0 aromatic heterocycles. The lowest BCUT2D eigenvalue weighted by Crippen LogP contribution is -2.23. The van der Waals surface area contributed by atoms with Crippen molar-refractivity contribution in [2.75, 3.05) is 4.90 Å². The van der Waals surface area contributed by atoms with Crippen LogP contribution in [0.15, 0.2) is 54.6 Å². The zero-order chi connectivity index (χ0) is 15.5. The smallest absolute Gasteiger partial charge is 0.319 e. The van der Waals surface area contributed by atoms with Gasteiger partial charge in [-0.2, -0.15) is 8.78 Å². The van der Waals surface area contributed by atoms with Crippen LogP contribution in [0.25, 0.3) is 0 Å². The summed E-state index contributed by atoms with van der Waals surface area (Å²) in [4.78, 5) is 10.0. The summed E-state index contributed by atoms with van der Waals surface area (Å²) in [6, 6.07) is 12.8. The van der Waals surface area contributed by atoms with Crippen molar-refractivity contribution in [1.82, 2.24) is 0 Å². The quantitative estimate of drug-likeness (QED) is 0.383. The second-order valence-electron chi connectivity index (χ2n) is 4.10. The summed E-state index contributed by atoms with van der Waals surface area (Å²) in [5.74, 6) is 0. The predicted octanol–water partition coefficient (Wildman–Crippen LogP) is 3.35. The van der Waals surface area contributed by atoms with E-state index in [1.807, 2.05) is 0 Å². The number of hydrogen-bond donors (Lipinski definition) is 2. The Morgan fingerprint density at radius 2 is 1.52 bits per heavy atom. The predicted molar refractivity (Wildman–Crippen MR) is 74.2 cm³/mol. The van der Waals surface area contributed by atoms with Gasteiger partial charge in [-0.05, 0) is 36.4 Å². The molecule has 8 heteroatoms.